The van der Waals surface area contributed by atoms with Crippen LogP contribution in [0, 0.1) is 0 Å². The fourth-order valence-electron chi connectivity index (χ4n) is 4.23. The Balaban J connectivity index is 1.61. The van der Waals surface area contributed by atoms with Crippen molar-refractivity contribution < 1.29 is 14.4 Å². The molecule has 6 nitrogen and oxygen atoms in total. The average molecular weight is 444 g/mol. The van der Waals surface area contributed by atoms with Gasteiger partial charge in [0, 0.05) is 35.8 Å². The van der Waals surface area contributed by atoms with Crippen LogP contribution in [0.15, 0.2) is 66.4 Å². The molecule has 33 heavy (non-hydrogen) atoms. The van der Waals surface area contributed by atoms with Gasteiger partial charge in [0.1, 0.15) is 5.57 Å². The van der Waals surface area contributed by atoms with Crippen molar-refractivity contribution in [2.24, 2.45) is 0 Å². The number of barbiturate groups is 1. The first-order valence-electron chi connectivity index (χ1n) is 11.6. The van der Waals surface area contributed by atoms with Crippen LogP contribution in [0.5, 0.6) is 0 Å². The molecule has 1 saturated heterocycles. The summed E-state index contributed by atoms with van der Waals surface area (Å²) in [5.41, 5.74) is 2.94. The van der Waals surface area contributed by atoms with E-state index < -0.39 is 17.8 Å². The lowest BCUT2D eigenvalue weighted by molar-refractivity contribution is -0.130. The summed E-state index contributed by atoms with van der Waals surface area (Å²) in [6.45, 7) is 3.13. The van der Waals surface area contributed by atoms with Crippen LogP contribution in [-0.2, 0) is 16.1 Å². The van der Waals surface area contributed by atoms with Gasteiger partial charge in [0.2, 0.25) is 0 Å². The monoisotopic (exact) mass is 443 g/mol. The molecule has 170 valence electrons. The van der Waals surface area contributed by atoms with Gasteiger partial charge >= 0.3 is 6.03 Å². The summed E-state index contributed by atoms with van der Waals surface area (Å²) in [6.07, 6.45) is 8.58. The quantitative estimate of drug-likeness (QED) is 0.283. The number of imide groups is 2. The Bertz CT molecular complexity index is 1190. The number of hydrogen-bond donors (Lipinski definition) is 1. The Morgan fingerprint density at radius 3 is 2.39 bits per heavy atom. The van der Waals surface area contributed by atoms with Gasteiger partial charge in [-0.3, -0.25) is 19.8 Å². The van der Waals surface area contributed by atoms with Gasteiger partial charge < -0.3 is 4.57 Å². The number of nitrogens with one attached hydrogen (secondary N) is 1. The minimum Gasteiger partial charge on any atom is -0.342 e. The highest BCUT2D eigenvalue weighted by Gasteiger charge is 2.35. The molecule has 0 unspecified atom stereocenters. The first-order chi connectivity index (χ1) is 16.1. The topological polar surface area (TPSA) is 71.4 Å². The average Bonchev–Trinajstić information content (AvgIpc) is 3.16. The molecule has 0 bridgehead atoms. The Labute approximate surface area is 193 Å². The van der Waals surface area contributed by atoms with Gasteiger partial charge in [0.25, 0.3) is 11.8 Å². The van der Waals surface area contributed by atoms with E-state index in [0.717, 1.165) is 59.0 Å². The Hall–Kier alpha value is -3.67. The second kappa shape index (κ2) is 10.3. The van der Waals surface area contributed by atoms with Gasteiger partial charge in [0.15, 0.2) is 0 Å². The minimum absolute atomic E-state index is 0.00854. The van der Waals surface area contributed by atoms with Crippen LogP contribution in [-0.4, -0.2) is 33.9 Å². The first-order valence-corrected chi connectivity index (χ1v) is 11.6. The van der Waals surface area contributed by atoms with E-state index in [0.29, 0.717) is 13.1 Å². The maximum Gasteiger partial charge on any atom is 0.331 e. The second-order valence-corrected chi connectivity index (χ2v) is 8.40. The summed E-state index contributed by atoms with van der Waals surface area (Å²) in [5, 5.41) is 3.28. The maximum absolute atomic E-state index is 13.1. The molecule has 0 radical (unpaired) electrons. The highest BCUT2D eigenvalue weighted by Crippen LogP contribution is 2.26. The molecule has 1 aliphatic heterocycles. The van der Waals surface area contributed by atoms with E-state index in [1.807, 2.05) is 48.7 Å². The molecule has 0 spiro atoms. The molecular formula is C27H29N3O3. The molecule has 1 fully saturated rings. The number of aromatic nitrogens is 1. The summed E-state index contributed by atoms with van der Waals surface area (Å²) in [4.78, 5) is 39.1. The van der Waals surface area contributed by atoms with Crippen molar-refractivity contribution in [1.29, 1.82) is 0 Å². The summed E-state index contributed by atoms with van der Waals surface area (Å²) in [5.74, 6) is -1.17. The van der Waals surface area contributed by atoms with Gasteiger partial charge in [-0.05, 0) is 24.1 Å². The molecule has 2 heterocycles. The van der Waals surface area contributed by atoms with E-state index in [4.69, 9.17) is 0 Å². The zero-order valence-electron chi connectivity index (χ0n) is 18.9. The van der Waals surface area contributed by atoms with Crippen LogP contribution in [0.4, 0.5) is 4.79 Å². The SMILES string of the molecule is CCCCCCCN1C(=O)NC(=O)C(=Cc2cn(Cc3ccccc3)c3ccccc23)C1=O. The van der Waals surface area contributed by atoms with Crippen molar-refractivity contribution >= 4 is 34.8 Å². The highest BCUT2D eigenvalue weighted by molar-refractivity contribution is 6.31. The van der Waals surface area contributed by atoms with Crippen molar-refractivity contribution in [3.8, 4) is 0 Å². The van der Waals surface area contributed by atoms with Gasteiger partial charge in [0.05, 0.1) is 0 Å². The van der Waals surface area contributed by atoms with E-state index >= 15 is 0 Å². The second-order valence-electron chi connectivity index (χ2n) is 8.40. The fraction of sp³-hybridized carbons (Fsp3) is 0.296. The standard InChI is InChI=1S/C27H29N3O3/c1-2-3-4-5-11-16-30-26(32)23(25(31)28-27(30)33)17-21-19-29(18-20-12-7-6-8-13-20)24-15-10-9-14-22(21)24/h6-10,12-15,17,19H,2-5,11,16,18H2,1H3,(H,28,31,33). The number of fused-ring (bicyclic) bond motifs is 1. The van der Waals surface area contributed by atoms with Crippen molar-refractivity contribution in [3.63, 3.8) is 0 Å². The van der Waals surface area contributed by atoms with Crippen molar-refractivity contribution in [1.82, 2.24) is 14.8 Å². The molecule has 4 rings (SSSR count). The van der Waals surface area contributed by atoms with Crippen LogP contribution >= 0.6 is 0 Å². The fourth-order valence-corrected chi connectivity index (χ4v) is 4.23. The van der Waals surface area contributed by atoms with Crippen molar-refractivity contribution in [2.75, 3.05) is 6.54 Å². The number of rotatable bonds is 9. The Morgan fingerprint density at radius 2 is 1.61 bits per heavy atom. The summed E-state index contributed by atoms with van der Waals surface area (Å²) in [6, 6.07) is 17.4. The lowest BCUT2D eigenvalue weighted by atomic mass is 10.1. The van der Waals surface area contributed by atoms with Crippen molar-refractivity contribution in [2.45, 2.75) is 45.6 Å². The van der Waals surface area contributed by atoms with Crippen LogP contribution in [0.3, 0.4) is 0 Å². The third-order valence-corrected chi connectivity index (χ3v) is 5.99. The van der Waals surface area contributed by atoms with Crippen LogP contribution < -0.4 is 5.32 Å². The number of benzene rings is 2. The largest absolute Gasteiger partial charge is 0.342 e. The third kappa shape index (κ3) is 5.06. The predicted molar refractivity (Wildman–Crippen MR) is 129 cm³/mol. The molecule has 0 saturated carbocycles. The van der Waals surface area contributed by atoms with Crippen LogP contribution in [0.25, 0.3) is 17.0 Å². The van der Waals surface area contributed by atoms with Gasteiger partial charge in [-0.25, -0.2) is 4.79 Å². The normalized spacial score (nSPS) is 15.5. The molecule has 0 atom stereocenters. The van der Waals surface area contributed by atoms with Gasteiger partial charge in [-0.15, -0.1) is 0 Å². The smallest absolute Gasteiger partial charge is 0.331 e. The Morgan fingerprint density at radius 1 is 0.879 bits per heavy atom. The lowest BCUT2D eigenvalue weighted by Crippen LogP contribution is -2.54. The number of nitrogens with zero attached hydrogens (tertiary/aromatic N) is 2. The van der Waals surface area contributed by atoms with E-state index in [1.54, 1.807) is 6.08 Å². The predicted octanol–water partition coefficient (Wildman–Crippen LogP) is 5.12. The Kier molecular flexibility index (Phi) is 7.03. The number of carbonyl (C=O) groups is 3. The van der Waals surface area contributed by atoms with E-state index in [2.05, 4.69) is 28.9 Å². The van der Waals surface area contributed by atoms with Crippen LogP contribution in [0.1, 0.15) is 50.2 Å². The number of hydrogen-bond acceptors (Lipinski definition) is 3. The highest BCUT2D eigenvalue weighted by atomic mass is 16.2. The molecule has 6 heteroatoms. The van der Waals surface area contributed by atoms with E-state index in [9.17, 15) is 14.4 Å². The number of carbonyl (C=O) groups excluding carboxylic acids is 3. The summed E-state index contributed by atoms with van der Waals surface area (Å²) < 4.78 is 2.11. The lowest BCUT2D eigenvalue weighted by Gasteiger charge is -2.26. The number of urea groups is 1. The number of unbranched alkanes of at least 4 members (excludes halogenated alkanes) is 4. The molecule has 2 aromatic carbocycles. The van der Waals surface area contributed by atoms with Crippen molar-refractivity contribution in [3.05, 3.63) is 77.5 Å². The summed E-state index contributed by atoms with van der Waals surface area (Å²) >= 11 is 0. The molecule has 0 aliphatic carbocycles. The summed E-state index contributed by atoms with van der Waals surface area (Å²) in [7, 11) is 0. The maximum atomic E-state index is 13.1. The van der Waals surface area contributed by atoms with E-state index in [1.165, 1.54) is 0 Å². The molecule has 4 amide bonds. The molecule has 3 aromatic rings. The first kappa shape index (κ1) is 22.5. The van der Waals surface area contributed by atoms with E-state index in [-0.39, 0.29) is 5.57 Å². The molecule has 1 aliphatic rings. The molecular weight excluding hydrogens is 414 g/mol. The van der Waals surface area contributed by atoms with Gasteiger partial charge in [-0.1, -0.05) is 81.1 Å². The third-order valence-electron chi connectivity index (χ3n) is 5.99. The molecule has 1 N–H and O–H groups in total. The van der Waals surface area contributed by atoms with Crippen LogP contribution in [0.2, 0.25) is 0 Å². The molecule has 1 aromatic heterocycles. The number of para-hydroxylation sites is 1. The minimum atomic E-state index is -0.646. The zero-order valence-corrected chi connectivity index (χ0v) is 18.9. The van der Waals surface area contributed by atoms with Gasteiger partial charge in [-0.2, -0.15) is 0 Å². The zero-order chi connectivity index (χ0) is 23.2. The number of amides is 4.